The van der Waals surface area contributed by atoms with Gasteiger partial charge in [-0.15, -0.1) is 0 Å². The van der Waals surface area contributed by atoms with E-state index in [1.54, 1.807) is 18.2 Å². The van der Waals surface area contributed by atoms with Crippen molar-refractivity contribution in [2.75, 3.05) is 0 Å². The minimum Gasteiger partial charge on any atom is -0.593 e. The van der Waals surface area contributed by atoms with Crippen molar-refractivity contribution in [2.45, 2.75) is 0 Å². The lowest BCUT2D eigenvalue weighted by molar-refractivity contribution is 0.475. The number of hydrogen-bond acceptors (Lipinski definition) is 0. The van der Waals surface area contributed by atoms with Gasteiger partial charge in [0.05, 0.1) is 0 Å². The lowest BCUT2D eigenvalue weighted by atomic mass is 10.2. The highest BCUT2D eigenvalue weighted by Gasteiger charge is 1.88. The van der Waals surface area contributed by atoms with E-state index in [1.807, 2.05) is 12.1 Å². The Hall–Kier alpha value is -1.24. The van der Waals surface area contributed by atoms with Crippen molar-refractivity contribution in [2.24, 2.45) is 0 Å². The summed E-state index contributed by atoms with van der Waals surface area (Å²) in [5.74, 6) is 0.542. The standard InChI is InChI=1S/C8H8O/c1-2-7-3-5-8(9)6-4-7/h2-6,9H,1H2/p+1. The summed E-state index contributed by atoms with van der Waals surface area (Å²) in [6, 6.07) is 7.23. The fraction of sp³-hybridized carbons (Fsp3) is 0. The van der Waals surface area contributed by atoms with E-state index in [2.05, 4.69) is 6.58 Å². The van der Waals surface area contributed by atoms with Crippen molar-refractivity contribution in [3.63, 3.8) is 0 Å². The number of benzene rings is 1. The minimum atomic E-state index is 0.542. The SMILES string of the molecule is C=Cc1ccc([OH2+])cc1. The van der Waals surface area contributed by atoms with Gasteiger partial charge in [-0.05, 0) is 17.7 Å². The summed E-state index contributed by atoms with van der Waals surface area (Å²) in [4.78, 5) is 0. The van der Waals surface area contributed by atoms with Crippen LogP contribution in [0.15, 0.2) is 30.8 Å². The van der Waals surface area contributed by atoms with E-state index >= 15 is 0 Å². The smallest absolute Gasteiger partial charge is 0.253 e. The monoisotopic (exact) mass is 121 g/mol. The van der Waals surface area contributed by atoms with Gasteiger partial charge in [-0.25, -0.2) is 0 Å². The van der Waals surface area contributed by atoms with E-state index in [4.69, 9.17) is 5.11 Å². The van der Waals surface area contributed by atoms with Crippen LogP contribution in [-0.2, 0) is 0 Å². The third kappa shape index (κ3) is 1.32. The maximum Gasteiger partial charge on any atom is 0.253 e. The van der Waals surface area contributed by atoms with Crippen molar-refractivity contribution < 1.29 is 5.11 Å². The second-order valence-electron chi connectivity index (χ2n) is 1.83. The van der Waals surface area contributed by atoms with Gasteiger partial charge in [0.25, 0.3) is 5.75 Å². The first kappa shape index (κ1) is 5.89. The van der Waals surface area contributed by atoms with Crippen molar-refractivity contribution in [1.82, 2.24) is 0 Å². The average molecular weight is 121 g/mol. The largest absolute Gasteiger partial charge is 0.593 e. The molecular formula is C8H9O+. The average Bonchev–Trinajstić information content (AvgIpc) is 1.90. The van der Waals surface area contributed by atoms with Crippen LogP contribution in [-0.4, -0.2) is 5.11 Å². The summed E-state index contributed by atoms with van der Waals surface area (Å²) in [5.41, 5.74) is 1.06. The third-order valence-corrected chi connectivity index (χ3v) is 1.15. The Bertz CT molecular complexity index is 198. The fourth-order valence-corrected chi connectivity index (χ4v) is 0.619. The molecule has 1 nitrogen and oxygen atoms in total. The maximum absolute atomic E-state index is 7.13. The van der Waals surface area contributed by atoms with Gasteiger partial charge >= 0.3 is 0 Å². The van der Waals surface area contributed by atoms with Gasteiger partial charge in [0.15, 0.2) is 0 Å². The first-order valence-electron chi connectivity index (χ1n) is 2.77. The first-order chi connectivity index (χ1) is 4.33. The van der Waals surface area contributed by atoms with Crippen molar-refractivity contribution in [1.29, 1.82) is 0 Å². The van der Waals surface area contributed by atoms with E-state index < -0.39 is 0 Å². The lowest BCUT2D eigenvalue weighted by Gasteiger charge is -1.88. The van der Waals surface area contributed by atoms with E-state index in [0.717, 1.165) is 5.56 Å². The quantitative estimate of drug-likeness (QED) is 0.505. The van der Waals surface area contributed by atoms with Crippen molar-refractivity contribution >= 4 is 6.08 Å². The fourth-order valence-electron chi connectivity index (χ4n) is 0.619. The van der Waals surface area contributed by atoms with Crippen LogP contribution >= 0.6 is 0 Å². The van der Waals surface area contributed by atoms with Gasteiger partial charge in [0, 0.05) is 12.1 Å². The molecular weight excluding hydrogens is 112 g/mol. The molecule has 0 amide bonds. The molecule has 1 aromatic rings. The second kappa shape index (κ2) is 2.35. The Balaban J connectivity index is 3.01. The number of rotatable bonds is 1. The Kier molecular flexibility index (Phi) is 1.54. The van der Waals surface area contributed by atoms with Crippen LogP contribution in [0.4, 0.5) is 0 Å². The van der Waals surface area contributed by atoms with E-state index in [0.29, 0.717) is 5.75 Å². The van der Waals surface area contributed by atoms with Gasteiger partial charge in [-0.2, -0.15) is 0 Å². The molecule has 0 unspecified atom stereocenters. The Labute approximate surface area is 54.3 Å². The summed E-state index contributed by atoms with van der Waals surface area (Å²) in [7, 11) is 0. The summed E-state index contributed by atoms with van der Waals surface area (Å²) in [6.45, 7) is 3.60. The van der Waals surface area contributed by atoms with E-state index in [1.165, 1.54) is 0 Å². The summed E-state index contributed by atoms with van der Waals surface area (Å²) in [5, 5.41) is 7.13. The highest BCUT2D eigenvalue weighted by atomic mass is 16.3. The van der Waals surface area contributed by atoms with Crippen LogP contribution in [0.5, 0.6) is 5.75 Å². The normalized spacial score (nSPS) is 8.89. The predicted molar refractivity (Wildman–Crippen MR) is 39.6 cm³/mol. The Morgan fingerprint density at radius 2 is 1.78 bits per heavy atom. The predicted octanol–water partition coefficient (Wildman–Crippen LogP) is 1.77. The van der Waals surface area contributed by atoms with Crippen molar-refractivity contribution in [3.8, 4) is 5.75 Å². The van der Waals surface area contributed by atoms with Crippen LogP contribution in [0.25, 0.3) is 6.08 Å². The van der Waals surface area contributed by atoms with Gasteiger partial charge in [-0.3, -0.25) is 0 Å². The van der Waals surface area contributed by atoms with Gasteiger partial charge in [0.1, 0.15) is 0 Å². The number of hydrogen-bond donors (Lipinski definition) is 0. The molecule has 9 heavy (non-hydrogen) atoms. The molecule has 0 atom stereocenters. The van der Waals surface area contributed by atoms with Crippen LogP contribution < -0.4 is 0 Å². The lowest BCUT2D eigenvalue weighted by Crippen LogP contribution is -1.67. The molecule has 0 saturated carbocycles. The third-order valence-electron chi connectivity index (χ3n) is 1.15. The molecule has 0 saturated heterocycles. The second-order valence-corrected chi connectivity index (χ2v) is 1.83. The Morgan fingerprint density at radius 3 is 2.22 bits per heavy atom. The molecule has 0 heterocycles. The van der Waals surface area contributed by atoms with Gasteiger partial charge < -0.3 is 5.11 Å². The first-order valence-corrected chi connectivity index (χ1v) is 2.77. The van der Waals surface area contributed by atoms with E-state index in [-0.39, 0.29) is 0 Å². The molecule has 0 aliphatic heterocycles. The summed E-state index contributed by atoms with van der Waals surface area (Å²) < 4.78 is 0. The van der Waals surface area contributed by atoms with Gasteiger partial charge in [0.2, 0.25) is 0 Å². The maximum atomic E-state index is 7.13. The zero-order valence-corrected chi connectivity index (χ0v) is 5.09. The topological polar surface area (TPSA) is 22.9 Å². The molecule has 1 heteroatoms. The summed E-state index contributed by atoms with van der Waals surface area (Å²) >= 11 is 0. The minimum absolute atomic E-state index is 0.542. The van der Waals surface area contributed by atoms with Crippen LogP contribution in [0.3, 0.4) is 0 Å². The molecule has 0 aromatic heterocycles. The van der Waals surface area contributed by atoms with Gasteiger partial charge in [-0.1, -0.05) is 12.7 Å². The molecule has 1 aromatic carbocycles. The van der Waals surface area contributed by atoms with Crippen LogP contribution in [0.2, 0.25) is 0 Å². The zero-order chi connectivity index (χ0) is 6.69. The molecule has 0 spiro atoms. The van der Waals surface area contributed by atoms with Crippen molar-refractivity contribution in [3.05, 3.63) is 36.4 Å². The molecule has 0 bridgehead atoms. The molecule has 0 aliphatic carbocycles. The molecule has 46 valence electrons. The summed E-state index contributed by atoms with van der Waals surface area (Å²) in [6.07, 6.45) is 1.76. The van der Waals surface area contributed by atoms with Crippen LogP contribution in [0.1, 0.15) is 5.56 Å². The Morgan fingerprint density at radius 1 is 1.22 bits per heavy atom. The molecule has 0 aliphatic rings. The zero-order valence-electron chi connectivity index (χ0n) is 5.09. The molecule has 0 radical (unpaired) electrons. The highest BCUT2D eigenvalue weighted by molar-refractivity contribution is 5.47. The van der Waals surface area contributed by atoms with E-state index in [9.17, 15) is 0 Å². The highest BCUT2D eigenvalue weighted by Crippen LogP contribution is 2.09. The molecule has 1 rings (SSSR count). The molecule has 0 fully saturated rings. The van der Waals surface area contributed by atoms with Crippen LogP contribution in [0, 0.1) is 0 Å². The molecule has 2 N–H and O–H groups in total.